The number of carbonyl (C=O) groups excluding carboxylic acids is 1. The number of amides is 1. The first-order valence-electron chi connectivity index (χ1n) is 8.02. The lowest BCUT2D eigenvalue weighted by Gasteiger charge is -2.24. The molecule has 6 nitrogen and oxygen atoms in total. The number of carbonyl (C=O) groups is 1. The van der Waals surface area contributed by atoms with E-state index in [-0.39, 0.29) is 11.3 Å². The van der Waals surface area contributed by atoms with Gasteiger partial charge in [-0.25, -0.2) is 0 Å². The molecule has 1 spiro atoms. The smallest absolute Gasteiger partial charge is 0.220 e. The van der Waals surface area contributed by atoms with Gasteiger partial charge in [0.05, 0.1) is 6.54 Å². The highest BCUT2D eigenvalue weighted by Gasteiger charge is 2.44. The number of aromatic nitrogens is 3. The summed E-state index contributed by atoms with van der Waals surface area (Å²) in [6.07, 6.45) is 5.64. The molecule has 1 aromatic heterocycles. The van der Waals surface area contributed by atoms with Crippen molar-refractivity contribution in [2.45, 2.75) is 44.6 Å². The van der Waals surface area contributed by atoms with Gasteiger partial charge in [0.25, 0.3) is 0 Å². The van der Waals surface area contributed by atoms with Crippen LogP contribution in [0.25, 0.3) is 0 Å². The van der Waals surface area contributed by atoms with Gasteiger partial charge < -0.3 is 9.88 Å². The number of likely N-dealkylation sites (tertiary alicyclic amines) is 1. The second-order valence-corrected chi connectivity index (χ2v) is 7.08. The Labute approximate surface area is 124 Å². The molecule has 1 aliphatic carbocycles. The minimum absolute atomic E-state index is 0.173. The molecule has 114 valence electrons. The van der Waals surface area contributed by atoms with E-state index in [1.807, 2.05) is 0 Å². The molecule has 21 heavy (non-hydrogen) atoms. The van der Waals surface area contributed by atoms with Gasteiger partial charge in [0.1, 0.15) is 11.6 Å². The molecule has 3 aliphatic rings. The Kier molecular flexibility index (Phi) is 3.03. The highest BCUT2D eigenvalue weighted by atomic mass is 16.1. The van der Waals surface area contributed by atoms with Crippen LogP contribution in [0.5, 0.6) is 0 Å². The van der Waals surface area contributed by atoms with E-state index in [4.69, 9.17) is 0 Å². The maximum atomic E-state index is 11.5. The van der Waals surface area contributed by atoms with E-state index in [0.717, 1.165) is 44.2 Å². The molecule has 1 unspecified atom stereocenters. The van der Waals surface area contributed by atoms with Crippen molar-refractivity contribution in [2.24, 2.45) is 12.5 Å². The summed E-state index contributed by atoms with van der Waals surface area (Å²) in [5, 5.41) is 11.8. The SMILES string of the molecule is Cn1c(CN2CCC3(CNC(=O)C3)C2)nnc1C1CCC1. The number of nitrogens with zero attached hydrogens (tertiary/aromatic N) is 4. The van der Waals surface area contributed by atoms with Crippen LogP contribution in [0, 0.1) is 5.41 Å². The van der Waals surface area contributed by atoms with Gasteiger partial charge >= 0.3 is 0 Å². The predicted octanol–water partition coefficient (Wildman–Crippen LogP) is 0.795. The zero-order chi connectivity index (χ0) is 14.4. The standard InChI is InChI=1S/C15H23N5O/c1-19-12(17-18-14(19)11-3-2-4-11)8-20-6-5-15(10-20)7-13(21)16-9-15/h11H,2-10H2,1H3,(H,16,21). The normalized spacial score (nSPS) is 30.0. The first kappa shape index (κ1) is 13.2. The molecular formula is C15H23N5O. The van der Waals surface area contributed by atoms with Gasteiger partial charge in [-0.3, -0.25) is 9.69 Å². The summed E-state index contributed by atoms with van der Waals surface area (Å²) in [5.74, 6) is 3.05. The zero-order valence-corrected chi connectivity index (χ0v) is 12.6. The number of nitrogens with one attached hydrogen (secondary N) is 1. The van der Waals surface area contributed by atoms with Crippen LogP contribution >= 0.6 is 0 Å². The van der Waals surface area contributed by atoms with Crippen molar-refractivity contribution < 1.29 is 4.79 Å². The molecule has 3 fully saturated rings. The minimum atomic E-state index is 0.173. The average molecular weight is 289 g/mol. The molecule has 6 heteroatoms. The Hall–Kier alpha value is -1.43. The maximum absolute atomic E-state index is 11.5. The molecule has 2 saturated heterocycles. The van der Waals surface area contributed by atoms with E-state index < -0.39 is 0 Å². The summed E-state index contributed by atoms with van der Waals surface area (Å²) in [5.41, 5.74) is 0.173. The van der Waals surface area contributed by atoms with E-state index in [1.54, 1.807) is 0 Å². The fourth-order valence-corrected chi connectivity index (χ4v) is 3.94. The topological polar surface area (TPSA) is 63.0 Å². The lowest BCUT2D eigenvalue weighted by atomic mass is 9.85. The van der Waals surface area contributed by atoms with Gasteiger partial charge in [-0.05, 0) is 25.8 Å². The molecule has 1 aromatic rings. The summed E-state index contributed by atoms with van der Waals surface area (Å²) >= 11 is 0. The van der Waals surface area contributed by atoms with Crippen LogP contribution in [0.15, 0.2) is 0 Å². The summed E-state index contributed by atoms with van der Waals surface area (Å²) in [7, 11) is 2.09. The number of hydrogen-bond acceptors (Lipinski definition) is 4. The third kappa shape index (κ3) is 2.25. The molecule has 4 rings (SSSR count). The van der Waals surface area contributed by atoms with Gasteiger partial charge in [0, 0.05) is 37.9 Å². The lowest BCUT2D eigenvalue weighted by Crippen LogP contribution is -2.29. The Morgan fingerprint density at radius 2 is 2.24 bits per heavy atom. The molecule has 2 aliphatic heterocycles. The van der Waals surface area contributed by atoms with Crippen LogP contribution in [-0.4, -0.2) is 45.2 Å². The fraction of sp³-hybridized carbons (Fsp3) is 0.800. The Morgan fingerprint density at radius 1 is 1.38 bits per heavy atom. The monoisotopic (exact) mass is 289 g/mol. The summed E-state index contributed by atoms with van der Waals surface area (Å²) < 4.78 is 2.19. The van der Waals surface area contributed by atoms with Crippen LogP contribution < -0.4 is 5.32 Å². The molecule has 0 radical (unpaired) electrons. The second kappa shape index (κ2) is 4.80. The zero-order valence-electron chi connectivity index (χ0n) is 12.6. The first-order valence-corrected chi connectivity index (χ1v) is 8.02. The van der Waals surface area contributed by atoms with Crippen molar-refractivity contribution in [3.8, 4) is 0 Å². The van der Waals surface area contributed by atoms with Gasteiger partial charge in [-0.15, -0.1) is 10.2 Å². The van der Waals surface area contributed by atoms with Crippen molar-refractivity contribution in [1.82, 2.24) is 25.0 Å². The van der Waals surface area contributed by atoms with Gasteiger partial charge in [-0.2, -0.15) is 0 Å². The average Bonchev–Trinajstić information content (AvgIpc) is 3.05. The molecular weight excluding hydrogens is 266 g/mol. The number of hydrogen-bond donors (Lipinski definition) is 1. The number of rotatable bonds is 3. The molecule has 1 N–H and O–H groups in total. The Morgan fingerprint density at radius 3 is 2.90 bits per heavy atom. The van der Waals surface area contributed by atoms with Crippen molar-refractivity contribution >= 4 is 5.91 Å². The van der Waals surface area contributed by atoms with Crippen molar-refractivity contribution in [1.29, 1.82) is 0 Å². The summed E-state index contributed by atoms with van der Waals surface area (Å²) in [6, 6.07) is 0. The van der Waals surface area contributed by atoms with Gasteiger partial charge in [0.15, 0.2) is 0 Å². The molecule has 0 bridgehead atoms. The van der Waals surface area contributed by atoms with E-state index >= 15 is 0 Å². The fourth-order valence-electron chi connectivity index (χ4n) is 3.94. The van der Waals surface area contributed by atoms with Crippen molar-refractivity contribution in [3.05, 3.63) is 11.6 Å². The molecule has 1 amide bonds. The molecule has 0 aromatic carbocycles. The summed E-state index contributed by atoms with van der Waals surface area (Å²) in [6.45, 7) is 3.75. The maximum Gasteiger partial charge on any atom is 0.220 e. The van der Waals surface area contributed by atoms with E-state index in [0.29, 0.717) is 12.3 Å². The van der Waals surface area contributed by atoms with Crippen molar-refractivity contribution in [2.75, 3.05) is 19.6 Å². The Bertz CT molecular complexity index is 564. The third-order valence-electron chi connectivity index (χ3n) is 5.55. The highest BCUT2D eigenvalue weighted by Crippen LogP contribution is 2.38. The molecule has 1 saturated carbocycles. The quantitative estimate of drug-likeness (QED) is 0.894. The molecule has 1 atom stereocenters. The second-order valence-electron chi connectivity index (χ2n) is 7.08. The highest BCUT2D eigenvalue weighted by molar-refractivity contribution is 5.79. The van der Waals surface area contributed by atoms with E-state index in [2.05, 4.69) is 32.0 Å². The lowest BCUT2D eigenvalue weighted by molar-refractivity contribution is -0.119. The predicted molar refractivity (Wildman–Crippen MR) is 77.5 cm³/mol. The summed E-state index contributed by atoms with van der Waals surface area (Å²) in [4.78, 5) is 13.9. The first-order chi connectivity index (χ1) is 10.2. The third-order valence-corrected chi connectivity index (χ3v) is 5.55. The van der Waals surface area contributed by atoms with Gasteiger partial charge in [-0.1, -0.05) is 6.42 Å². The largest absolute Gasteiger partial charge is 0.355 e. The van der Waals surface area contributed by atoms with Crippen molar-refractivity contribution in [3.63, 3.8) is 0 Å². The van der Waals surface area contributed by atoms with Crippen LogP contribution in [0.1, 0.15) is 49.7 Å². The minimum Gasteiger partial charge on any atom is -0.355 e. The Balaban J connectivity index is 1.43. The van der Waals surface area contributed by atoms with E-state index in [9.17, 15) is 4.79 Å². The van der Waals surface area contributed by atoms with Crippen LogP contribution in [0.2, 0.25) is 0 Å². The van der Waals surface area contributed by atoms with Gasteiger partial charge in [0.2, 0.25) is 5.91 Å². The van der Waals surface area contributed by atoms with Crippen LogP contribution in [0.3, 0.4) is 0 Å². The van der Waals surface area contributed by atoms with Crippen LogP contribution in [-0.2, 0) is 18.4 Å². The molecule has 3 heterocycles. The van der Waals surface area contributed by atoms with E-state index in [1.165, 1.54) is 19.3 Å². The van der Waals surface area contributed by atoms with Crippen LogP contribution in [0.4, 0.5) is 0 Å².